The highest BCUT2D eigenvalue weighted by atomic mass is 16.6. The largest absolute Gasteiger partial charge is 0.456 e. The molecule has 0 amide bonds. The summed E-state index contributed by atoms with van der Waals surface area (Å²) in [6.07, 6.45) is 1.71. The van der Waals surface area contributed by atoms with Gasteiger partial charge < -0.3 is 19.5 Å². The van der Waals surface area contributed by atoms with Gasteiger partial charge in [0.05, 0.1) is 17.0 Å². The first-order valence-electron chi connectivity index (χ1n) is 12.5. The number of carbonyl (C=O) groups excluding carboxylic acids is 1. The summed E-state index contributed by atoms with van der Waals surface area (Å²) in [5.41, 5.74) is 4.03. The van der Waals surface area contributed by atoms with E-state index in [-0.39, 0.29) is 17.2 Å². The molecule has 5 aromatic rings. The Bertz CT molecular complexity index is 1740. The number of carbonyl (C=O) groups is 1. The first kappa shape index (κ1) is 25.2. The van der Waals surface area contributed by atoms with E-state index in [1.54, 1.807) is 18.3 Å². The van der Waals surface area contributed by atoms with Crippen molar-refractivity contribution in [3.05, 3.63) is 87.3 Å². The number of H-pyrrole nitrogens is 1. The lowest BCUT2D eigenvalue weighted by atomic mass is 10.0. The van der Waals surface area contributed by atoms with Crippen LogP contribution in [0.4, 0.5) is 5.69 Å². The van der Waals surface area contributed by atoms with Crippen molar-refractivity contribution in [2.45, 2.75) is 53.2 Å². The number of para-hydroxylation sites is 1. The number of nitrogens with zero attached hydrogens (tertiary/aromatic N) is 2. The molecule has 38 heavy (non-hydrogen) atoms. The van der Waals surface area contributed by atoms with Gasteiger partial charge in [-0.05, 0) is 71.4 Å². The maximum atomic E-state index is 13.2. The molecule has 0 aliphatic rings. The molecule has 1 unspecified atom stereocenters. The molecular weight excluding hydrogens is 480 g/mol. The summed E-state index contributed by atoms with van der Waals surface area (Å²) in [5.74, 6) is 0.187. The molecule has 3 aromatic heterocycles. The smallest absolute Gasteiger partial charge is 0.340 e. The molecule has 0 radical (unpaired) electrons. The first-order chi connectivity index (χ1) is 18.0. The first-order valence-corrected chi connectivity index (χ1v) is 12.5. The summed E-state index contributed by atoms with van der Waals surface area (Å²) in [6, 6.07) is 14.1. The van der Waals surface area contributed by atoms with Gasteiger partial charge in [0.1, 0.15) is 16.8 Å². The van der Waals surface area contributed by atoms with Gasteiger partial charge in [-0.1, -0.05) is 18.2 Å². The minimum Gasteiger partial charge on any atom is -0.456 e. The number of ether oxygens (including phenoxy) is 1. The van der Waals surface area contributed by atoms with Crippen molar-refractivity contribution in [3.63, 3.8) is 0 Å². The molecule has 0 fully saturated rings. The van der Waals surface area contributed by atoms with Crippen molar-refractivity contribution in [1.29, 1.82) is 0 Å². The third-order valence-corrected chi connectivity index (χ3v) is 6.11. The monoisotopic (exact) mass is 510 g/mol. The SMILES string of the molecule is Cc1cc(C(C)Nc2ccccc2C(=O)OC(C)(C)C)c2oc(-c3ncc4cc(C)[nH]c4n3)cc(=O)c2c1. The van der Waals surface area contributed by atoms with E-state index >= 15 is 0 Å². The molecule has 0 aliphatic heterocycles. The maximum absolute atomic E-state index is 13.2. The van der Waals surface area contributed by atoms with Crippen molar-refractivity contribution in [3.8, 4) is 11.6 Å². The van der Waals surface area contributed by atoms with E-state index in [0.29, 0.717) is 33.7 Å². The Morgan fingerprint density at radius 3 is 2.63 bits per heavy atom. The van der Waals surface area contributed by atoms with Crippen LogP contribution in [0, 0.1) is 13.8 Å². The minimum atomic E-state index is -0.619. The molecule has 8 heteroatoms. The summed E-state index contributed by atoms with van der Waals surface area (Å²) in [7, 11) is 0. The summed E-state index contributed by atoms with van der Waals surface area (Å²) in [6.45, 7) is 11.3. The second kappa shape index (κ2) is 9.45. The van der Waals surface area contributed by atoms with Crippen molar-refractivity contribution < 1.29 is 13.9 Å². The lowest BCUT2D eigenvalue weighted by Gasteiger charge is -2.22. The van der Waals surface area contributed by atoms with Gasteiger partial charge in [-0.15, -0.1) is 0 Å². The number of hydrogen-bond acceptors (Lipinski definition) is 7. The van der Waals surface area contributed by atoms with Crippen LogP contribution in [0.15, 0.2) is 63.9 Å². The number of aromatic amines is 1. The van der Waals surface area contributed by atoms with Crippen LogP contribution in [0.25, 0.3) is 33.6 Å². The molecule has 5 rings (SSSR count). The van der Waals surface area contributed by atoms with E-state index in [9.17, 15) is 9.59 Å². The third kappa shape index (κ3) is 5.02. The highest BCUT2D eigenvalue weighted by molar-refractivity contribution is 5.96. The van der Waals surface area contributed by atoms with Crippen LogP contribution in [0.2, 0.25) is 0 Å². The van der Waals surface area contributed by atoms with Crippen LogP contribution in [-0.2, 0) is 4.74 Å². The predicted molar refractivity (Wildman–Crippen MR) is 148 cm³/mol. The summed E-state index contributed by atoms with van der Waals surface area (Å²) < 4.78 is 11.9. The molecule has 0 saturated heterocycles. The topological polar surface area (TPSA) is 110 Å². The van der Waals surface area contributed by atoms with Crippen molar-refractivity contribution in [1.82, 2.24) is 15.0 Å². The Morgan fingerprint density at radius 2 is 1.87 bits per heavy atom. The molecule has 2 aromatic carbocycles. The highest BCUT2D eigenvalue weighted by Crippen LogP contribution is 2.31. The minimum absolute atomic E-state index is 0.182. The summed E-state index contributed by atoms with van der Waals surface area (Å²) in [5, 5.41) is 4.77. The van der Waals surface area contributed by atoms with Gasteiger partial charge in [-0.3, -0.25) is 4.79 Å². The molecule has 194 valence electrons. The summed E-state index contributed by atoms with van der Waals surface area (Å²) in [4.78, 5) is 38.3. The number of nitrogens with one attached hydrogen (secondary N) is 2. The second-order valence-corrected chi connectivity index (χ2v) is 10.6. The van der Waals surface area contributed by atoms with Gasteiger partial charge in [0.15, 0.2) is 17.0 Å². The number of benzene rings is 2. The molecule has 3 heterocycles. The second-order valence-electron chi connectivity index (χ2n) is 10.6. The van der Waals surface area contributed by atoms with E-state index in [1.807, 2.05) is 71.9 Å². The average molecular weight is 511 g/mol. The Balaban J connectivity index is 1.57. The zero-order valence-corrected chi connectivity index (χ0v) is 22.3. The van der Waals surface area contributed by atoms with Crippen LogP contribution in [0.1, 0.15) is 60.9 Å². The van der Waals surface area contributed by atoms with Crippen molar-refractivity contribution in [2.24, 2.45) is 0 Å². The Kier molecular flexibility index (Phi) is 6.26. The fourth-order valence-corrected chi connectivity index (χ4v) is 4.47. The van der Waals surface area contributed by atoms with Crippen LogP contribution in [-0.4, -0.2) is 26.5 Å². The number of aromatic nitrogens is 3. The number of hydrogen-bond donors (Lipinski definition) is 2. The van der Waals surface area contributed by atoms with Crippen molar-refractivity contribution in [2.75, 3.05) is 5.32 Å². The van der Waals surface area contributed by atoms with E-state index in [0.717, 1.165) is 22.2 Å². The quantitative estimate of drug-likeness (QED) is 0.261. The number of rotatable bonds is 5. The van der Waals surface area contributed by atoms with Gasteiger partial charge in [-0.25, -0.2) is 14.8 Å². The zero-order valence-electron chi connectivity index (χ0n) is 22.3. The molecule has 2 N–H and O–H groups in total. The average Bonchev–Trinajstić information content (AvgIpc) is 3.22. The van der Waals surface area contributed by atoms with Gasteiger partial charge in [0, 0.05) is 34.6 Å². The number of fused-ring (bicyclic) bond motifs is 2. The molecule has 0 bridgehead atoms. The Hall–Kier alpha value is -4.46. The van der Waals surface area contributed by atoms with Crippen LogP contribution in [0.5, 0.6) is 0 Å². The van der Waals surface area contributed by atoms with Gasteiger partial charge in [0.2, 0.25) is 0 Å². The lowest BCUT2D eigenvalue weighted by Crippen LogP contribution is -2.24. The molecular formula is C30H30N4O4. The standard InChI is InChI=1S/C30H30N4O4/c1-16-11-21(18(3)33-23-10-8-7-9-20(23)29(36)38-30(4,5)6)26-22(12-16)24(35)14-25(37-26)28-31-15-19-13-17(2)32-27(19)34-28/h7-15,18,33H,1-6H3,(H,31,32,34). The Morgan fingerprint density at radius 1 is 1.11 bits per heavy atom. The third-order valence-electron chi connectivity index (χ3n) is 6.11. The zero-order chi connectivity index (χ0) is 27.2. The molecule has 0 spiro atoms. The normalized spacial score (nSPS) is 12.6. The van der Waals surface area contributed by atoms with Crippen LogP contribution < -0.4 is 10.7 Å². The summed E-state index contributed by atoms with van der Waals surface area (Å²) >= 11 is 0. The fourth-order valence-electron chi connectivity index (χ4n) is 4.47. The van der Waals surface area contributed by atoms with E-state index in [2.05, 4.69) is 20.3 Å². The molecule has 1 atom stereocenters. The van der Waals surface area contributed by atoms with Gasteiger partial charge in [-0.2, -0.15) is 0 Å². The molecule has 0 saturated carbocycles. The molecule has 0 aliphatic carbocycles. The number of aryl methyl sites for hydroxylation is 2. The molecule has 8 nitrogen and oxygen atoms in total. The van der Waals surface area contributed by atoms with Crippen LogP contribution in [0.3, 0.4) is 0 Å². The Labute approximate surface area is 220 Å². The van der Waals surface area contributed by atoms with E-state index in [4.69, 9.17) is 9.15 Å². The fraction of sp³-hybridized carbons (Fsp3) is 0.267. The highest BCUT2D eigenvalue weighted by Gasteiger charge is 2.22. The van der Waals surface area contributed by atoms with Crippen LogP contribution >= 0.6 is 0 Å². The maximum Gasteiger partial charge on any atom is 0.340 e. The predicted octanol–water partition coefficient (Wildman–Crippen LogP) is 6.48. The number of anilines is 1. The number of esters is 1. The lowest BCUT2D eigenvalue weighted by molar-refractivity contribution is 0.00706. The van der Waals surface area contributed by atoms with Crippen molar-refractivity contribution >= 4 is 33.7 Å². The van der Waals surface area contributed by atoms with Gasteiger partial charge in [0.25, 0.3) is 0 Å². The van der Waals surface area contributed by atoms with E-state index in [1.165, 1.54) is 6.07 Å². The van der Waals surface area contributed by atoms with Gasteiger partial charge >= 0.3 is 5.97 Å². The van der Waals surface area contributed by atoms with E-state index < -0.39 is 11.6 Å².